The zero-order valence-corrected chi connectivity index (χ0v) is 10.7. The minimum atomic E-state index is -0.197. The molecule has 0 aromatic heterocycles. The van der Waals surface area contributed by atoms with Crippen LogP contribution in [0.2, 0.25) is 0 Å². The predicted molar refractivity (Wildman–Crippen MR) is 68.2 cm³/mol. The summed E-state index contributed by atoms with van der Waals surface area (Å²) in [6.07, 6.45) is 3.39. The van der Waals surface area contributed by atoms with Crippen molar-refractivity contribution in [1.29, 1.82) is 0 Å². The first-order valence-corrected chi connectivity index (χ1v) is 6.47. The number of rotatable bonds is 2. The second-order valence-corrected chi connectivity index (χ2v) is 5.00. The molecule has 1 fully saturated rings. The van der Waals surface area contributed by atoms with Gasteiger partial charge in [0.05, 0.1) is 5.69 Å². The highest BCUT2D eigenvalue weighted by Gasteiger charge is 2.12. The van der Waals surface area contributed by atoms with Crippen LogP contribution < -0.4 is 10.6 Å². The lowest BCUT2D eigenvalue weighted by Crippen LogP contribution is -2.21. The molecule has 1 heterocycles. The number of hydrogen-bond acceptors (Lipinski definition) is 2. The molecule has 4 heteroatoms. The molecule has 2 nitrogen and oxygen atoms in total. The molecule has 1 aromatic rings. The molecule has 0 bridgehead atoms. The maximum atomic E-state index is 13.1. The first kappa shape index (κ1) is 11.9. The van der Waals surface area contributed by atoms with Crippen LogP contribution in [0.4, 0.5) is 10.1 Å². The highest BCUT2D eigenvalue weighted by atomic mass is 79.9. The van der Waals surface area contributed by atoms with Gasteiger partial charge in [-0.25, -0.2) is 4.39 Å². The molecule has 0 radical (unpaired) electrons. The summed E-state index contributed by atoms with van der Waals surface area (Å²) in [5.74, 6) is -0.197. The van der Waals surface area contributed by atoms with Crippen LogP contribution in [0.3, 0.4) is 0 Å². The van der Waals surface area contributed by atoms with E-state index in [9.17, 15) is 4.39 Å². The summed E-state index contributed by atoms with van der Waals surface area (Å²) in [7, 11) is 0. The minimum Gasteiger partial charge on any atom is -0.381 e. The molecule has 16 heavy (non-hydrogen) atoms. The molecule has 1 unspecified atom stereocenters. The van der Waals surface area contributed by atoms with Crippen LogP contribution >= 0.6 is 15.9 Å². The van der Waals surface area contributed by atoms with Crippen LogP contribution in [-0.2, 0) is 0 Å². The van der Waals surface area contributed by atoms with Crippen LogP contribution in [-0.4, -0.2) is 19.1 Å². The van der Waals surface area contributed by atoms with E-state index in [4.69, 9.17) is 0 Å². The second kappa shape index (κ2) is 5.64. The van der Waals surface area contributed by atoms with Gasteiger partial charge in [-0.1, -0.05) is 0 Å². The third kappa shape index (κ3) is 3.19. The van der Waals surface area contributed by atoms with E-state index in [1.165, 1.54) is 12.5 Å². The van der Waals surface area contributed by atoms with E-state index in [-0.39, 0.29) is 5.82 Å². The molecule has 88 valence electrons. The summed E-state index contributed by atoms with van der Waals surface area (Å²) in [6, 6.07) is 5.19. The van der Waals surface area contributed by atoms with Gasteiger partial charge in [0, 0.05) is 10.5 Å². The normalized spacial score (nSPS) is 21.5. The SMILES string of the molecule is Fc1ccc(Br)c(NC2CCCNCC2)c1. The number of halogens is 2. The van der Waals surface area contributed by atoms with Gasteiger partial charge in [0.1, 0.15) is 5.82 Å². The first-order chi connectivity index (χ1) is 7.75. The van der Waals surface area contributed by atoms with Crippen molar-refractivity contribution in [1.82, 2.24) is 5.32 Å². The molecular weight excluding hydrogens is 271 g/mol. The summed E-state index contributed by atoms with van der Waals surface area (Å²) in [6.45, 7) is 2.12. The van der Waals surface area contributed by atoms with Crippen molar-refractivity contribution in [3.63, 3.8) is 0 Å². The van der Waals surface area contributed by atoms with Crippen molar-refractivity contribution in [2.45, 2.75) is 25.3 Å². The zero-order chi connectivity index (χ0) is 11.4. The zero-order valence-electron chi connectivity index (χ0n) is 9.10. The van der Waals surface area contributed by atoms with Gasteiger partial charge in [0.2, 0.25) is 0 Å². The number of hydrogen-bond donors (Lipinski definition) is 2. The average Bonchev–Trinajstić information content (AvgIpc) is 2.52. The molecule has 1 saturated heterocycles. The van der Waals surface area contributed by atoms with E-state index in [1.54, 1.807) is 12.1 Å². The van der Waals surface area contributed by atoms with Gasteiger partial charge in [-0.2, -0.15) is 0 Å². The molecule has 1 aliphatic rings. The van der Waals surface area contributed by atoms with E-state index >= 15 is 0 Å². The van der Waals surface area contributed by atoms with Crippen LogP contribution in [0.25, 0.3) is 0 Å². The summed E-state index contributed by atoms with van der Waals surface area (Å²) in [5.41, 5.74) is 0.854. The van der Waals surface area contributed by atoms with Crippen molar-refractivity contribution in [2.24, 2.45) is 0 Å². The minimum absolute atomic E-state index is 0.197. The Kier molecular flexibility index (Phi) is 4.18. The lowest BCUT2D eigenvalue weighted by Gasteiger charge is -2.18. The molecule has 2 N–H and O–H groups in total. The smallest absolute Gasteiger partial charge is 0.125 e. The molecule has 0 aliphatic carbocycles. The van der Waals surface area contributed by atoms with Crippen molar-refractivity contribution in [3.05, 3.63) is 28.5 Å². The fraction of sp³-hybridized carbons (Fsp3) is 0.500. The van der Waals surface area contributed by atoms with Crippen molar-refractivity contribution in [2.75, 3.05) is 18.4 Å². The van der Waals surface area contributed by atoms with Gasteiger partial charge in [0.25, 0.3) is 0 Å². The monoisotopic (exact) mass is 286 g/mol. The lowest BCUT2D eigenvalue weighted by molar-refractivity contribution is 0.621. The van der Waals surface area contributed by atoms with E-state index in [1.807, 2.05) is 0 Å². The molecule has 1 aliphatic heterocycles. The third-order valence-electron chi connectivity index (χ3n) is 2.86. The van der Waals surface area contributed by atoms with Crippen LogP contribution in [0.1, 0.15) is 19.3 Å². The van der Waals surface area contributed by atoms with Gasteiger partial charge >= 0.3 is 0 Å². The standard InChI is InChI=1S/C12H16BrFN2/c13-11-4-3-9(14)8-12(11)16-10-2-1-6-15-7-5-10/h3-4,8,10,15-16H,1-2,5-7H2. The Labute approximate surface area is 104 Å². The van der Waals surface area contributed by atoms with Crippen LogP contribution in [0.15, 0.2) is 22.7 Å². The van der Waals surface area contributed by atoms with E-state index in [0.29, 0.717) is 6.04 Å². The Hall–Kier alpha value is -0.610. The summed E-state index contributed by atoms with van der Waals surface area (Å²) in [5, 5.41) is 6.77. The molecule has 1 atom stereocenters. The topological polar surface area (TPSA) is 24.1 Å². The van der Waals surface area contributed by atoms with E-state index in [0.717, 1.165) is 36.1 Å². The average molecular weight is 287 g/mol. The van der Waals surface area contributed by atoms with Gasteiger partial charge in [-0.05, 0) is 66.5 Å². The second-order valence-electron chi connectivity index (χ2n) is 4.15. The fourth-order valence-electron chi connectivity index (χ4n) is 1.99. The highest BCUT2D eigenvalue weighted by Crippen LogP contribution is 2.25. The Bertz CT molecular complexity index is 349. The van der Waals surface area contributed by atoms with Gasteiger partial charge in [-0.15, -0.1) is 0 Å². The molecular formula is C12H16BrFN2. The number of anilines is 1. The van der Waals surface area contributed by atoms with Crippen molar-refractivity contribution < 1.29 is 4.39 Å². The number of nitrogens with one attached hydrogen (secondary N) is 2. The first-order valence-electron chi connectivity index (χ1n) is 5.68. The van der Waals surface area contributed by atoms with Crippen LogP contribution in [0, 0.1) is 5.82 Å². The summed E-state index contributed by atoms with van der Waals surface area (Å²) in [4.78, 5) is 0. The predicted octanol–water partition coefficient (Wildman–Crippen LogP) is 3.14. The summed E-state index contributed by atoms with van der Waals surface area (Å²) < 4.78 is 14.0. The van der Waals surface area contributed by atoms with Gasteiger partial charge in [0.15, 0.2) is 0 Å². The summed E-state index contributed by atoms with van der Waals surface area (Å²) >= 11 is 3.43. The highest BCUT2D eigenvalue weighted by molar-refractivity contribution is 9.10. The lowest BCUT2D eigenvalue weighted by atomic mass is 10.1. The van der Waals surface area contributed by atoms with Crippen LogP contribution in [0.5, 0.6) is 0 Å². The van der Waals surface area contributed by atoms with Crippen molar-refractivity contribution in [3.8, 4) is 0 Å². The Morgan fingerprint density at radius 3 is 3.06 bits per heavy atom. The largest absolute Gasteiger partial charge is 0.381 e. The maximum Gasteiger partial charge on any atom is 0.125 e. The Morgan fingerprint density at radius 1 is 1.31 bits per heavy atom. The van der Waals surface area contributed by atoms with Gasteiger partial charge < -0.3 is 10.6 Å². The van der Waals surface area contributed by atoms with E-state index < -0.39 is 0 Å². The quantitative estimate of drug-likeness (QED) is 0.873. The molecule has 0 spiro atoms. The third-order valence-corrected chi connectivity index (χ3v) is 3.56. The van der Waals surface area contributed by atoms with E-state index in [2.05, 4.69) is 26.6 Å². The molecule has 0 amide bonds. The molecule has 1 aromatic carbocycles. The molecule has 2 rings (SSSR count). The Morgan fingerprint density at radius 2 is 2.19 bits per heavy atom. The molecule has 0 saturated carbocycles. The Balaban J connectivity index is 2.04. The number of benzene rings is 1. The fourth-order valence-corrected chi connectivity index (χ4v) is 2.35. The van der Waals surface area contributed by atoms with Gasteiger partial charge in [-0.3, -0.25) is 0 Å². The maximum absolute atomic E-state index is 13.1. The van der Waals surface area contributed by atoms with Crippen molar-refractivity contribution >= 4 is 21.6 Å².